The van der Waals surface area contributed by atoms with Gasteiger partial charge in [-0.2, -0.15) is 10.2 Å². The summed E-state index contributed by atoms with van der Waals surface area (Å²) in [7, 11) is 0. The van der Waals surface area contributed by atoms with Crippen LogP contribution in [-0.4, -0.2) is 28.2 Å². The number of aromatic hydroxyl groups is 1. The fourth-order valence-electron chi connectivity index (χ4n) is 7.42. The molecule has 0 saturated heterocycles. The molecule has 0 amide bonds. The molecule has 4 aliphatic carbocycles. The maximum Gasteiger partial charge on any atom is 0.142 e. The van der Waals surface area contributed by atoms with Crippen LogP contribution in [0, 0.1) is 35.7 Å². The van der Waals surface area contributed by atoms with E-state index >= 15 is 0 Å². The lowest BCUT2D eigenvalue weighted by Crippen LogP contribution is -2.50. The Bertz CT molecular complexity index is 996. The van der Waals surface area contributed by atoms with Crippen molar-refractivity contribution >= 4 is 57.1 Å². The molecule has 5 rings (SSSR count). The van der Waals surface area contributed by atoms with Crippen molar-refractivity contribution in [2.24, 2.45) is 38.8 Å². The quantitative estimate of drug-likeness (QED) is 0.161. The monoisotopic (exact) mass is 658 g/mol. The van der Waals surface area contributed by atoms with Crippen molar-refractivity contribution in [1.29, 1.82) is 0 Å². The van der Waals surface area contributed by atoms with E-state index in [2.05, 4.69) is 70.2 Å². The summed E-state index contributed by atoms with van der Waals surface area (Å²) in [5.41, 5.74) is 4.23. The van der Waals surface area contributed by atoms with Crippen LogP contribution in [0.1, 0.15) is 70.8 Å². The van der Waals surface area contributed by atoms with E-state index in [4.69, 9.17) is 5.10 Å². The Balaban J connectivity index is 1.37. The summed E-state index contributed by atoms with van der Waals surface area (Å²) in [6.07, 6.45) is 13.1. The summed E-state index contributed by atoms with van der Waals surface area (Å²) in [5.74, 6) is 2.50. The molecule has 3 saturated carbocycles. The Morgan fingerprint density at radius 1 is 1.03 bits per heavy atom. The summed E-state index contributed by atoms with van der Waals surface area (Å²) in [5, 5.41) is 29.5. The third-order valence-electron chi connectivity index (χ3n) is 9.24. The molecule has 1 aromatic carbocycles. The highest BCUT2D eigenvalue weighted by atomic mass is 127. The number of allylic oxidation sites excluding steroid dienone is 1. The van der Waals surface area contributed by atoms with Gasteiger partial charge in [0.2, 0.25) is 0 Å². The average molecular weight is 658 g/mol. The highest BCUT2D eigenvalue weighted by molar-refractivity contribution is 14.1. The van der Waals surface area contributed by atoms with Gasteiger partial charge in [-0.15, -0.1) is 0 Å². The molecular weight excluding hydrogens is 626 g/mol. The predicted octanol–water partition coefficient (Wildman–Crippen LogP) is 6.70. The minimum Gasteiger partial charge on any atom is -0.506 e. The van der Waals surface area contributed by atoms with Crippen molar-refractivity contribution in [2.75, 3.05) is 0 Å². The largest absolute Gasteiger partial charge is 0.506 e. The van der Waals surface area contributed by atoms with Crippen molar-refractivity contribution in [2.45, 2.75) is 71.3 Å². The van der Waals surface area contributed by atoms with Crippen LogP contribution in [0.4, 0.5) is 0 Å². The third kappa shape index (κ3) is 3.80. The maximum atomic E-state index is 10.2. The number of hydrogen-bond donors (Lipinski definition) is 2. The molecule has 2 N–H and O–H groups in total. The average Bonchev–Trinajstić information content (AvgIpc) is 3.09. The lowest BCUT2D eigenvalue weighted by atomic mass is 9.48. The SMILES string of the molecule is C[C@]12CC[C@@H](O)CC1=CC[C@H]1[C@H]2CC[C@]2(C)/C(=N\N=C/c3cc(I)c(O)c(I)c3)CC[C@@H]12. The Labute approximate surface area is 218 Å². The maximum absolute atomic E-state index is 10.2. The zero-order valence-electron chi connectivity index (χ0n) is 18.8. The predicted molar refractivity (Wildman–Crippen MR) is 146 cm³/mol. The molecule has 0 unspecified atom stereocenters. The normalized spacial score (nSPS) is 40.2. The van der Waals surface area contributed by atoms with Gasteiger partial charge < -0.3 is 10.2 Å². The van der Waals surface area contributed by atoms with Gasteiger partial charge in [0.05, 0.1) is 19.5 Å². The van der Waals surface area contributed by atoms with E-state index in [1.807, 2.05) is 18.3 Å². The van der Waals surface area contributed by atoms with Gasteiger partial charge in [-0.3, -0.25) is 0 Å². The lowest BCUT2D eigenvalue weighted by Gasteiger charge is -2.57. The number of benzene rings is 1. The Hall–Kier alpha value is -0.480. The van der Waals surface area contributed by atoms with Crippen LogP contribution in [0.3, 0.4) is 0 Å². The first-order valence-electron chi connectivity index (χ1n) is 11.9. The summed E-state index contributed by atoms with van der Waals surface area (Å²) in [6.45, 7) is 4.92. The summed E-state index contributed by atoms with van der Waals surface area (Å²) < 4.78 is 1.67. The van der Waals surface area contributed by atoms with Gasteiger partial charge in [0.15, 0.2) is 0 Å². The van der Waals surface area contributed by atoms with Gasteiger partial charge >= 0.3 is 0 Å². The zero-order valence-corrected chi connectivity index (χ0v) is 23.1. The molecule has 0 spiro atoms. The van der Waals surface area contributed by atoms with Gasteiger partial charge in [0.25, 0.3) is 0 Å². The highest BCUT2D eigenvalue weighted by Gasteiger charge is 2.57. The topological polar surface area (TPSA) is 65.2 Å². The van der Waals surface area contributed by atoms with Gasteiger partial charge in [-0.05, 0) is 137 Å². The molecule has 3 fully saturated rings. The first kappa shape index (κ1) is 23.3. The molecular formula is C26H32I2N2O2. The van der Waals surface area contributed by atoms with Crippen molar-refractivity contribution in [3.05, 3.63) is 36.5 Å². The van der Waals surface area contributed by atoms with E-state index < -0.39 is 0 Å². The fraction of sp³-hybridized carbons (Fsp3) is 0.615. The first-order chi connectivity index (χ1) is 15.2. The smallest absolute Gasteiger partial charge is 0.142 e. The second-order valence-electron chi connectivity index (χ2n) is 10.8. The van der Waals surface area contributed by atoms with Crippen LogP contribution in [0.25, 0.3) is 0 Å². The molecule has 172 valence electrons. The molecule has 0 bridgehead atoms. The van der Waals surface area contributed by atoms with E-state index in [1.54, 1.807) is 0 Å². The number of hydrogen-bond acceptors (Lipinski definition) is 4. The number of rotatable bonds is 2. The number of aliphatic hydroxyl groups is 1. The van der Waals surface area contributed by atoms with Crippen LogP contribution < -0.4 is 0 Å². The number of aliphatic hydroxyl groups excluding tert-OH is 1. The minimum absolute atomic E-state index is 0.136. The molecule has 6 atom stereocenters. The first-order valence-corrected chi connectivity index (χ1v) is 14.0. The molecule has 0 aliphatic heterocycles. The van der Waals surface area contributed by atoms with Gasteiger partial charge in [0.1, 0.15) is 5.75 Å². The van der Waals surface area contributed by atoms with Crippen molar-refractivity contribution < 1.29 is 10.2 Å². The van der Waals surface area contributed by atoms with Crippen LogP contribution in [-0.2, 0) is 0 Å². The zero-order chi connectivity index (χ0) is 22.7. The van der Waals surface area contributed by atoms with E-state index in [0.717, 1.165) is 50.2 Å². The molecule has 32 heavy (non-hydrogen) atoms. The third-order valence-corrected chi connectivity index (χ3v) is 10.9. The highest BCUT2D eigenvalue weighted by Crippen LogP contribution is 2.64. The molecule has 4 aliphatic rings. The molecule has 0 aromatic heterocycles. The van der Waals surface area contributed by atoms with E-state index in [9.17, 15) is 10.2 Å². The van der Waals surface area contributed by atoms with E-state index in [0.29, 0.717) is 11.7 Å². The standard InChI is InChI=1S/C26H32I2N2O2/c1-25-9-7-17(31)13-16(25)3-4-18-19-5-6-23(26(19,2)10-8-20(18)25)30-29-14-15-11-21(27)24(32)22(28)12-15/h3,11-12,14,17-20,31-32H,4-10,13H2,1-2H3/b29-14-,30-23-/t17-,18-,19+,20-,25+,26+/m1/s1. The van der Waals surface area contributed by atoms with E-state index in [-0.39, 0.29) is 16.9 Å². The van der Waals surface area contributed by atoms with Gasteiger partial charge in [-0.25, -0.2) is 0 Å². The summed E-state index contributed by atoms with van der Waals surface area (Å²) in [4.78, 5) is 0. The summed E-state index contributed by atoms with van der Waals surface area (Å²) in [6, 6.07) is 3.89. The molecule has 0 heterocycles. The number of halogens is 2. The fourth-order valence-corrected chi connectivity index (χ4v) is 9.24. The molecule has 6 heteroatoms. The minimum atomic E-state index is -0.136. The second kappa shape index (κ2) is 8.63. The van der Waals surface area contributed by atoms with Gasteiger partial charge in [-0.1, -0.05) is 25.5 Å². The Kier molecular flexibility index (Phi) is 6.27. The number of fused-ring (bicyclic) bond motifs is 5. The molecule has 1 aromatic rings. The van der Waals surface area contributed by atoms with E-state index in [1.165, 1.54) is 37.0 Å². The van der Waals surface area contributed by atoms with Crippen molar-refractivity contribution in [3.8, 4) is 5.75 Å². The van der Waals surface area contributed by atoms with Crippen LogP contribution in [0.2, 0.25) is 0 Å². The van der Waals surface area contributed by atoms with Crippen molar-refractivity contribution in [3.63, 3.8) is 0 Å². The Morgan fingerprint density at radius 3 is 2.47 bits per heavy atom. The molecule has 0 radical (unpaired) electrons. The number of phenolic OH excluding ortho intramolecular Hbond substituents is 1. The molecule has 4 nitrogen and oxygen atoms in total. The summed E-state index contributed by atoms with van der Waals surface area (Å²) >= 11 is 4.31. The van der Waals surface area contributed by atoms with Crippen LogP contribution in [0.15, 0.2) is 34.0 Å². The van der Waals surface area contributed by atoms with Crippen molar-refractivity contribution in [1.82, 2.24) is 0 Å². The van der Waals surface area contributed by atoms with Crippen LogP contribution >= 0.6 is 45.2 Å². The number of nitrogens with zero attached hydrogens (tertiary/aromatic N) is 2. The van der Waals surface area contributed by atoms with Crippen LogP contribution in [0.5, 0.6) is 5.75 Å². The number of phenols is 1. The van der Waals surface area contributed by atoms with Gasteiger partial charge in [0, 0.05) is 11.1 Å². The lowest BCUT2D eigenvalue weighted by molar-refractivity contribution is -0.0209. The Morgan fingerprint density at radius 2 is 1.72 bits per heavy atom. The second-order valence-corrected chi connectivity index (χ2v) is 13.1.